The first-order chi connectivity index (χ1) is 14.1. The van der Waals surface area contributed by atoms with Gasteiger partial charge in [0.05, 0.1) is 18.2 Å². The monoisotopic (exact) mass is 391 g/mol. The molecule has 0 unspecified atom stereocenters. The number of benzene rings is 2. The summed E-state index contributed by atoms with van der Waals surface area (Å²) in [5, 5.41) is 14.8. The van der Waals surface area contributed by atoms with Gasteiger partial charge < -0.3 is 15.5 Å². The molecule has 0 atom stereocenters. The molecule has 0 bridgehead atoms. The predicted octanol–water partition coefficient (Wildman–Crippen LogP) is 2.61. The fourth-order valence-corrected chi connectivity index (χ4v) is 3.49. The van der Waals surface area contributed by atoms with E-state index in [1.165, 1.54) is 11.3 Å². The van der Waals surface area contributed by atoms with Gasteiger partial charge in [-0.2, -0.15) is 5.26 Å². The molecule has 3 rings (SSSR count). The zero-order chi connectivity index (χ0) is 20.5. The summed E-state index contributed by atoms with van der Waals surface area (Å²) in [7, 11) is 0. The quantitative estimate of drug-likeness (QED) is 0.677. The van der Waals surface area contributed by atoms with E-state index in [0.29, 0.717) is 12.1 Å². The molecule has 1 saturated heterocycles. The molecule has 0 radical (unpaired) electrons. The van der Waals surface area contributed by atoms with Crippen molar-refractivity contribution < 1.29 is 4.79 Å². The van der Waals surface area contributed by atoms with Crippen LogP contribution in [0.25, 0.3) is 0 Å². The van der Waals surface area contributed by atoms with Crippen LogP contribution < -0.4 is 15.5 Å². The number of rotatable bonds is 8. The molecular weight excluding hydrogens is 362 g/mol. The van der Waals surface area contributed by atoms with E-state index in [1.54, 1.807) is 12.1 Å². The van der Waals surface area contributed by atoms with Crippen LogP contribution >= 0.6 is 0 Å². The van der Waals surface area contributed by atoms with Crippen molar-refractivity contribution in [3.63, 3.8) is 0 Å². The molecule has 29 heavy (non-hydrogen) atoms. The van der Waals surface area contributed by atoms with E-state index in [0.717, 1.165) is 44.8 Å². The van der Waals surface area contributed by atoms with E-state index < -0.39 is 0 Å². The number of carbonyl (C=O) groups is 1. The SMILES string of the molecule is Cc1cccc(N2CCN(CCCNC(=O)CNc3ccc(C#N)cc3)CC2)c1. The highest BCUT2D eigenvalue weighted by Gasteiger charge is 2.16. The van der Waals surface area contributed by atoms with Crippen molar-refractivity contribution in [3.8, 4) is 6.07 Å². The van der Waals surface area contributed by atoms with Gasteiger partial charge in [0.1, 0.15) is 0 Å². The van der Waals surface area contributed by atoms with Gasteiger partial charge >= 0.3 is 0 Å². The highest BCUT2D eigenvalue weighted by molar-refractivity contribution is 5.80. The Hall–Kier alpha value is -3.04. The summed E-state index contributed by atoms with van der Waals surface area (Å²) in [5.41, 5.74) is 4.06. The van der Waals surface area contributed by atoms with Crippen LogP contribution in [0, 0.1) is 18.3 Å². The second-order valence-corrected chi connectivity index (χ2v) is 7.41. The molecule has 1 aliphatic rings. The number of anilines is 2. The van der Waals surface area contributed by atoms with Crippen molar-refractivity contribution in [2.75, 3.05) is 56.0 Å². The normalized spacial score (nSPS) is 14.3. The summed E-state index contributed by atoms with van der Waals surface area (Å²) < 4.78 is 0. The topological polar surface area (TPSA) is 71.4 Å². The van der Waals surface area contributed by atoms with Crippen molar-refractivity contribution in [3.05, 3.63) is 59.7 Å². The lowest BCUT2D eigenvalue weighted by Crippen LogP contribution is -2.47. The minimum atomic E-state index is -0.0152. The molecule has 6 nitrogen and oxygen atoms in total. The van der Waals surface area contributed by atoms with Gasteiger partial charge in [0, 0.05) is 44.1 Å². The third-order valence-electron chi connectivity index (χ3n) is 5.18. The lowest BCUT2D eigenvalue weighted by Gasteiger charge is -2.36. The van der Waals surface area contributed by atoms with Crippen LogP contribution in [-0.2, 0) is 4.79 Å². The summed E-state index contributed by atoms with van der Waals surface area (Å²) in [6.45, 7) is 8.27. The number of nitrogens with one attached hydrogen (secondary N) is 2. The Morgan fingerprint density at radius 1 is 1.10 bits per heavy atom. The van der Waals surface area contributed by atoms with Crippen molar-refractivity contribution in [2.24, 2.45) is 0 Å². The Morgan fingerprint density at radius 2 is 1.86 bits per heavy atom. The average Bonchev–Trinajstić information content (AvgIpc) is 2.76. The summed E-state index contributed by atoms with van der Waals surface area (Å²) in [5.74, 6) is -0.0152. The molecule has 0 aromatic heterocycles. The third kappa shape index (κ3) is 6.51. The van der Waals surface area contributed by atoms with Crippen LogP contribution in [0.15, 0.2) is 48.5 Å². The van der Waals surface area contributed by atoms with Crippen molar-refractivity contribution in [1.29, 1.82) is 5.26 Å². The third-order valence-corrected chi connectivity index (χ3v) is 5.18. The van der Waals surface area contributed by atoms with E-state index >= 15 is 0 Å². The van der Waals surface area contributed by atoms with Crippen LogP contribution in [0.2, 0.25) is 0 Å². The molecule has 152 valence electrons. The summed E-state index contributed by atoms with van der Waals surface area (Å²) in [6, 6.07) is 17.9. The number of hydrogen-bond donors (Lipinski definition) is 2. The molecule has 1 heterocycles. The lowest BCUT2D eigenvalue weighted by atomic mass is 10.2. The number of nitriles is 1. The van der Waals surface area contributed by atoms with Gasteiger partial charge in [-0.25, -0.2) is 0 Å². The van der Waals surface area contributed by atoms with E-state index in [2.05, 4.69) is 57.7 Å². The molecule has 1 aliphatic heterocycles. The smallest absolute Gasteiger partial charge is 0.239 e. The number of piperazine rings is 1. The molecule has 2 aromatic carbocycles. The number of carbonyl (C=O) groups excluding carboxylic acids is 1. The zero-order valence-electron chi connectivity index (χ0n) is 17.0. The van der Waals surface area contributed by atoms with Crippen LogP contribution in [0.4, 0.5) is 11.4 Å². The van der Waals surface area contributed by atoms with Gasteiger partial charge in [0.25, 0.3) is 0 Å². The van der Waals surface area contributed by atoms with Gasteiger partial charge in [-0.3, -0.25) is 9.69 Å². The molecule has 2 N–H and O–H groups in total. The van der Waals surface area contributed by atoms with E-state index in [4.69, 9.17) is 5.26 Å². The van der Waals surface area contributed by atoms with Gasteiger partial charge in [-0.15, -0.1) is 0 Å². The molecule has 0 saturated carbocycles. The second kappa shape index (κ2) is 10.5. The molecule has 1 fully saturated rings. The minimum absolute atomic E-state index is 0.0152. The van der Waals surface area contributed by atoms with Crippen molar-refractivity contribution in [2.45, 2.75) is 13.3 Å². The number of amides is 1. The number of nitrogens with zero attached hydrogens (tertiary/aromatic N) is 3. The first-order valence-corrected chi connectivity index (χ1v) is 10.2. The van der Waals surface area contributed by atoms with Gasteiger partial charge in [-0.1, -0.05) is 12.1 Å². The van der Waals surface area contributed by atoms with Crippen molar-refractivity contribution >= 4 is 17.3 Å². The standard InChI is InChI=1S/C23H29N5O/c1-19-4-2-5-22(16-19)28-14-12-27(13-15-28)11-3-10-25-23(29)18-26-21-8-6-20(17-24)7-9-21/h2,4-9,16,26H,3,10-15,18H2,1H3,(H,25,29). The Labute approximate surface area is 173 Å². The van der Waals surface area contributed by atoms with Gasteiger partial charge in [-0.05, 0) is 61.9 Å². The predicted molar refractivity (Wildman–Crippen MR) is 117 cm³/mol. The highest BCUT2D eigenvalue weighted by Crippen LogP contribution is 2.17. The van der Waals surface area contributed by atoms with Gasteiger partial charge in [0.15, 0.2) is 0 Å². The summed E-state index contributed by atoms with van der Waals surface area (Å²) in [4.78, 5) is 16.9. The maximum absolute atomic E-state index is 12.0. The molecular formula is C23H29N5O. The number of aryl methyl sites for hydroxylation is 1. The molecule has 2 aromatic rings. The molecule has 6 heteroatoms. The maximum Gasteiger partial charge on any atom is 0.239 e. The van der Waals surface area contributed by atoms with Crippen molar-refractivity contribution in [1.82, 2.24) is 10.2 Å². The molecule has 0 aliphatic carbocycles. The minimum Gasteiger partial charge on any atom is -0.376 e. The summed E-state index contributed by atoms with van der Waals surface area (Å²) in [6.07, 6.45) is 0.951. The molecule has 0 spiro atoms. The van der Waals surface area contributed by atoms with Crippen LogP contribution in [0.1, 0.15) is 17.5 Å². The van der Waals surface area contributed by atoms with Crippen LogP contribution in [0.3, 0.4) is 0 Å². The Morgan fingerprint density at radius 3 is 2.55 bits per heavy atom. The Balaban J connectivity index is 1.28. The Kier molecular flexibility index (Phi) is 7.48. The van der Waals surface area contributed by atoms with Crippen LogP contribution in [0.5, 0.6) is 0 Å². The van der Waals surface area contributed by atoms with E-state index in [-0.39, 0.29) is 12.5 Å². The Bertz CT molecular complexity index is 835. The van der Waals surface area contributed by atoms with E-state index in [1.807, 2.05) is 12.1 Å². The fraction of sp³-hybridized carbons (Fsp3) is 0.391. The van der Waals surface area contributed by atoms with Gasteiger partial charge in [0.2, 0.25) is 5.91 Å². The fourth-order valence-electron chi connectivity index (χ4n) is 3.49. The maximum atomic E-state index is 12.0. The molecule has 1 amide bonds. The summed E-state index contributed by atoms with van der Waals surface area (Å²) >= 11 is 0. The first kappa shape index (κ1) is 20.7. The number of hydrogen-bond acceptors (Lipinski definition) is 5. The van der Waals surface area contributed by atoms with Crippen LogP contribution in [-0.4, -0.2) is 56.6 Å². The largest absolute Gasteiger partial charge is 0.376 e. The average molecular weight is 392 g/mol. The zero-order valence-corrected chi connectivity index (χ0v) is 17.0. The highest BCUT2D eigenvalue weighted by atomic mass is 16.1. The van der Waals surface area contributed by atoms with E-state index in [9.17, 15) is 4.79 Å². The first-order valence-electron chi connectivity index (χ1n) is 10.2. The lowest BCUT2D eigenvalue weighted by molar-refractivity contribution is -0.119. The second-order valence-electron chi connectivity index (χ2n) is 7.41.